The van der Waals surface area contributed by atoms with E-state index in [9.17, 15) is 4.79 Å². The molecule has 2 nitrogen and oxygen atoms in total. The predicted molar refractivity (Wildman–Crippen MR) is 54.2 cm³/mol. The molecule has 0 bridgehead atoms. The number of hydrogen-bond donors (Lipinski definition) is 1. The number of carbonyl (C=O) groups excluding carboxylic acids is 1. The molecule has 0 aromatic carbocycles. The third-order valence-corrected chi connectivity index (χ3v) is 3.82. The number of carbonyl (C=O) groups is 1. The van der Waals surface area contributed by atoms with Crippen LogP contribution in [0.5, 0.6) is 0 Å². The Hall–Kier alpha value is -0.670. The fourth-order valence-corrected chi connectivity index (χ4v) is 2.80. The van der Waals surface area contributed by atoms with Crippen LogP contribution in [0.2, 0.25) is 0 Å². The molecule has 13 heavy (non-hydrogen) atoms. The van der Waals surface area contributed by atoms with Gasteiger partial charge in [-0.25, -0.2) is 0 Å². The zero-order valence-corrected chi connectivity index (χ0v) is 8.27. The van der Waals surface area contributed by atoms with Gasteiger partial charge in [0.2, 0.25) is 0 Å². The summed E-state index contributed by atoms with van der Waals surface area (Å²) in [6.45, 7) is 1.91. The molecule has 1 aliphatic rings. The second kappa shape index (κ2) is 3.60. The van der Waals surface area contributed by atoms with Crippen molar-refractivity contribution in [2.24, 2.45) is 0 Å². The molecule has 0 saturated carbocycles. The third kappa shape index (κ3) is 1.54. The first-order valence-corrected chi connectivity index (χ1v) is 5.46. The Morgan fingerprint density at radius 2 is 2.23 bits per heavy atom. The Labute approximate surface area is 82.0 Å². The number of hydrogen-bond acceptors (Lipinski definition) is 3. The molecule has 2 heterocycles. The van der Waals surface area contributed by atoms with Crippen LogP contribution in [0.4, 0.5) is 0 Å². The van der Waals surface area contributed by atoms with Gasteiger partial charge < -0.3 is 10.1 Å². The van der Waals surface area contributed by atoms with Crippen molar-refractivity contribution in [1.82, 2.24) is 5.32 Å². The van der Waals surface area contributed by atoms with Gasteiger partial charge >= 0.3 is 0 Å². The van der Waals surface area contributed by atoms with E-state index in [1.54, 1.807) is 11.3 Å². The van der Waals surface area contributed by atoms with E-state index >= 15 is 0 Å². The minimum absolute atomic E-state index is 0.181. The summed E-state index contributed by atoms with van der Waals surface area (Å²) in [5.41, 5.74) is -0.181. The molecular formula is C10H13NOS. The van der Waals surface area contributed by atoms with Gasteiger partial charge in [0.25, 0.3) is 0 Å². The normalized spacial score (nSPS) is 21.2. The van der Waals surface area contributed by atoms with Crippen LogP contribution < -0.4 is 5.32 Å². The smallest absolute Gasteiger partial charge is 0.131 e. The van der Waals surface area contributed by atoms with E-state index in [0.717, 1.165) is 32.2 Å². The fraction of sp³-hybridized carbons (Fsp3) is 0.500. The molecule has 1 aromatic rings. The molecule has 0 unspecified atom stereocenters. The zero-order valence-electron chi connectivity index (χ0n) is 7.45. The van der Waals surface area contributed by atoms with Crippen LogP contribution in [0.1, 0.15) is 17.7 Å². The summed E-state index contributed by atoms with van der Waals surface area (Å²) in [4.78, 5) is 12.4. The standard InChI is InChI=1S/C10H13NOS/c12-8-10(3-5-11-6-4-10)9-2-1-7-13-9/h1-2,7-8,11H,3-6H2. The molecule has 0 radical (unpaired) electrons. The molecule has 1 fully saturated rings. The van der Waals surface area contributed by atoms with Crippen molar-refractivity contribution >= 4 is 17.6 Å². The Kier molecular flexibility index (Phi) is 2.47. The summed E-state index contributed by atoms with van der Waals surface area (Å²) in [6, 6.07) is 4.09. The van der Waals surface area contributed by atoms with Crippen molar-refractivity contribution in [1.29, 1.82) is 0 Å². The molecule has 0 spiro atoms. The van der Waals surface area contributed by atoms with Gasteiger partial charge in [0.1, 0.15) is 6.29 Å². The molecule has 1 aromatic heterocycles. The van der Waals surface area contributed by atoms with Crippen LogP contribution in [-0.2, 0) is 10.2 Å². The van der Waals surface area contributed by atoms with Gasteiger partial charge in [0.15, 0.2) is 0 Å². The van der Waals surface area contributed by atoms with E-state index in [1.165, 1.54) is 4.88 Å². The van der Waals surface area contributed by atoms with Gasteiger partial charge in [-0.1, -0.05) is 6.07 Å². The first kappa shape index (κ1) is 8.91. The topological polar surface area (TPSA) is 29.1 Å². The minimum atomic E-state index is -0.181. The van der Waals surface area contributed by atoms with Crippen LogP contribution >= 0.6 is 11.3 Å². The van der Waals surface area contributed by atoms with Crippen LogP contribution in [0.15, 0.2) is 17.5 Å². The van der Waals surface area contributed by atoms with Crippen molar-refractivity contribution < 1.29 is 4.79 Å². The van der Waals surface area contributed by atoms with Gasteiger partial charge in [-0.2, -0.15) is 0 Å². The molecule has 0 aliphatic carbocycles. The van der Waals surface area contributed by atoms with E-state index in [0.29, 0.717) is 0 Å². The Morgan fingerprint density at radius 1 is 1.46 bits per heavy atom. The summed E-state index contributed by atoms with van der Waals surface area (Å²) in [7, 11) is 0. The second-order valence-corrected chi connectivity index (χ2v) is 4.45. The minimum Gasteiger partial charge on any atom is -0.317 e. The maximum atomic E-state index is 11.2. The molecule has 1 saturated heterocycles. The highest BCUT2D eigenvalue weighted by atomic mass is 32.1. The first-order chi connectivity index (χ1) is 6.37. The Balaban J connectivity index is 2.28. The molecule has 0 atom stereocenters. The highest BCUT2D eigenvalue weighted by molar-refractivity contribution is 7.10. The molecule has 1 N–H and O–H groups in total. The van der Waals surface area contributed by atoms with Gasteiger partial charge in [-0.3, -0.25) is 0 Å². The molecule has 2 rings (SSSR count). The Bertz CT molecular complexity index is 275. The summed E-state index contributed by atoms with van der Waals surface area (Å²) in [5.74, 6) is 0. The first-order valence-electron chi connectivity index (χ1n) is 4.58. The van der Waals surface area contributed by atoms with Gasteiger partial charge in [-0.15, -0.1) is 11.3 Å². The SMILES string of the molecule is O=CC1(c2cccs2)CCNCC1. The lowest BCUT2D eigenvalue weighted by molar-refractivity contribution is -0.113. The average molecular weight is 195 g/mol. The summed E-state index contributed by atoms with van der Waals surface area (Å²) in [5, 5.41) is 5.33. The highest BCUT2D eigenvalue weighted by Gasteiger charge is 2.34. The number of rotatable bonds is 2. The molecule has 1 aliphatic heterocycles. The maximum absolute atomic E-state index is 11.2. The van der Waals surface area contributed by atoms with E-state index < -0.39 is 0 Å². The quantitative estimate of drug-likeness (QED) is 0.726. The summed E-state index contributed by atoms with van der Waals surface area (Å²) in [6.07, 6.45) is 3.02. The lowest BCUT2D eigenvalue weighted by atomic mass is 9.79. The number of piperidine rings is 1. The van der Waals surface area contributed by atoms with E-state index in [1.807, 2.05) is 11.4 Å². The molecule has 0 amide bonds. The van der Waals surface area contributed by atoms with Gasteiger partial charge in [-0.05, 0) is 37.4 Å². The lowest BCUT2D eigenvalue weighted by Gasteiger charge is -2.31. The lowest BCUT2D eigenvalue weighted by Crippen LogP contribution is -2.40. The van der Waals surface area contributed by atoms with Gasteiger partial charge in [0, 0.05) is 4.88 Å². The van der Waals surface area contributed by atoms with Crippen LogP contribution in [0.25, 0.3) is 0 Å². The number of thiophene rings is 1. The van der Waals surface area contributed by atoms with E-state index in [4.69, 9.17) is 0 Å². The van der Waals surface area contributed by atoms with Crippen molar-refractivity contribution in [2.45, 2.75) is 18.3 Å². The van der Waals surface area contributed by atoms with E-state index in [-0.39, 0.29) is 5.41 Å². The molecular weight excluding hydrogens is 182 g/mol. The van der Waals surface area contributed by atoms with Crippen LogP contribution in [0.3, 0.4) is 0 Å². The number of aldehydes is 1. The average Bonchev–Trinajstić information content (AvgIpc) is 2.72. The Morgan fingerprint density at radius 3 is 2.77 bits per heavy atom. The summed E-state index contributed by atoms with van der Waals surface area (Å²) >= 11 is 1.69. The van der Waals surface area contributed by atoms with Crippen LogP contribution in [0, 0.1) is 0 Å². The van der Waals surface area contributed by atoms with Crippen molar-refractivity contribution in [3.8, 4) is 0 Å². The second-order valence-electron chi connectivity index (χ2n) is 3.50. The van der Waals surface area contributed by atoms with Crippen molar-refractivity contribution in [3.05, 3.63) is 22.4 Å². The fourth-order valence-electron chi connectivity index (χ4n) is 1.86. The molecule has 3 heteroatoms. The highest BCUT2D eigenvalue weighted by Crippen LogP contribution is 2.34. The molecule has 70 valence electrons. The largest absolute Gasteiger partial charge is 0.317 e. The third-order valence-electron chi connectivity index (χ3n) is 2.73. The number of nitrogens with one attached hydrogen (secondary N) is 1. The maximum Gasteiger partial charge on any atom is 0.131 e. The van der Waals surface area contributed by atoms with Crippen molar-refractivity contribution in [3.63, 3.8) is 0 Å². The van der Waals surface area contributed by atoms with E-state index in [2.05, 4.69) is 11.4 Å². The monoisotopic (exact) mass is 195 g/mol. The summed E-state index contributed by atoms with van der Waals surface area (Å²) < 4.78 is 0. The van der Waals surface area contributed by atoms with Crippen molar-refractivity contribution in [2.75, 3.05) is 13.1 Å². The van der Waals surface area contributed by atoms with Crippen LogP contribution in [-0.4, -0.2) is 19.4 Å². The zero-order chi connectivity index (χ0) is 9.15. The predicted octanol–water partition coefficient (Wildman–Crippen LogP) is 1.57. The van der Waals surface area contributed by atoms with Gasteiger partial charge in [0.05, 0.1) is 5.41 Å².